The van der Waals surface area contributed by atoms with Crippen molar-refractivity contribution >= 4 is 23.9 Å². The number of imidazole rings is 1. The number of rotatable bonds is 10. The number of non-ortho nitro benzene ring substituents is 1. The zero-order valence-electron chi connectivity index (χ0n) is 20.3. The van der Waals surface area contributed by atoms with Crippen molar-refractivity contribution < 1.29 is 23.7 Å². The zero-order valence-corrected chi connectivity index (χ0v) is 20.3. The molecule has 2 heterocycles. The third-order valence-corrected chi connectivity index (χ3v) is 5.48. The number of alkyl carbamates (subject to hydrolysis) is 1. The topological polar surface area (TPSA) is 165 Å². The number of furan rings is 1. The van der Waals surface area contributed by atoms with E-state index in [1.807, 2.05) is 30.3 Å². The van der Waals surface area contributed by atoms with Gasteiger partial charge in [-0.3, -0.25) is 14.9 Å². The number of hydrogen-bond donors (Lipinski definition) is 3. The normalized spacial score (nSPS) is 11.7. The number of nitro benzene ring substituents is 1. The summed E-state index contributed by atoms with van der Waals surface area (Å²) in [7, 11) is 0. The van der Waals surface area contributed by atoms with Gasteiger partial charge in [0, 0.05) is 36.0 Å². The van der Waals surface area contributed by atoms with Gasteiger partial charge in [-0.05, 0) is 36.2 Å². The molecule has 3 N–H and O–H groups in total. The molecule has 1 atom stereocenters. The Morgan fingerprint density at radius 2 is 2.03 bits per heavy atom. The van der Waals surface area contributed by atoms with Crippen LogP contribution in [0.3, 0.4) is 0 Å². The number of hydrazone groups is 1. The van der Waals surface area contributed by atoms with E-state index < -0.39 is 23.0 Å². The Morgan fingerprint density at radius 1 is 1.21 bits per heavy atom. The Kier molecular flexibility index (Phi) is 8.24. The van der Waals surface area contributed by atoms with Crippen molar-refractivity contribution in [2.45, 2.75) is 26.0 Å². The first-order valence-corrected chi connectivity index (χ1v) is 11.5. The van der Waals surface area contributed by atoms with Crippen molar-refractivity contribution in [2.75, 3.05) is 0 Å². The molecule has 38 heavy (non-hydrogen) atoms. The smallest absolute Gasteiger partial charge is 0.408 e. The van der Waals surface area contributed by atoms with E-state index in [0.717, 1.165) is 5.56 Å². The predicted octanol–water partition coefficient (Wildman–Crippen LogP) is 3.87. The number of carbonyl (C=O) groups is 2. The Hall–Kier alpha value is -5.26. The van der Waals surface area contributed by atoms with Crippen molar-refractivity contribution in [1.29, 1.82) is 0 Å². The highest BCUT2D eigenvalue weighted by Gasteiger charge is 2.22. The van der Waals surface area contributed by atoms with Crippen LogP contribution >= 0.6 is 0 Å². The molecule has 0 spiro atoms. The van der Waals surface area contributed by atoms with Crippen LogP contribution in [0.15, 0.2) is 82.7 Å². The molecule has 0 saturated heterocycles. The van der Waals surface area contributed by atoms with Crippen LogP contribution in [-0.4, -0.2) is 39.1 Å². The Morgan fingerprint density at radius 3 is 2.74 bits per heavy atom. The lowest BCUT2D eigenvalue weighted by Crippen LogP contribution is -2.47. The summed E-state index contributed by atoms with van der Waals surface area (Å²) in [6.45, 7) is 1.80. The second-order valence-corrected chi connectivity index (χ2v) is 8.23. The number of nitrogens with zero attached hydrogens (tertiary/aromatic N) is 3. The molecule has 0 radical (unpaired) electrons. The maximum atomic E-state index is 12.8. The second kappa shape index (κ2) is 12.1. The number of aryl methyl sites for hydroxylation is 1. The first-order chi connectivity index (χ1) is 18.4. The number of H-pyrrole nitrogens is 1. The fourth-order valence-electron chi connectivity index (χ4n) is 3.57. The van der Waals surface area contributed by atoms with Crippen LogP contribution in [0.4, 0.5) is 10.5 Å². The van der Waals surface area contributed by atoms with E-state index in [0.29, 0.717) is 28.3 Å². The molecule has 0 aliphatic heterocycles. The highest BCUT2D eigenvalue weighted by atomic mass is 16.6. The van der Waals surface area contributed by atoms with E-state index in [9.17, 15) is 19.7 Å². The van der Waals surface area contributed by atoms with Crippen LogP contribution in [0.2, 0.25) is 0 Å². The molecule has 2 aromatic heterocycles. The molecule has 2 amide bonds. The van der Waals surface area contributed by atoms with Gasteiger partial charge in [0.25, 0.3) is 11.6 Å². The number of aromatic amines is 1. The van der Waals surface area contributed by atoms with Gasteiger partial charge in [-0.2, -0.15) is 5.10 Å². The summed E-state index contributed by atoms with van der Waals surface area (Å²) in [5.74, 6) is 0.258. The van der Waals surface area contributed by atoms with Crippen LogP contribution in [-0.2, 0) is 22.6 Å². The second-order valence-electron chi connectivity index (χ2n) is 8.23. The lowest BCUT2D eigenvalue weighted by atomic mass is 10.1. The van der Waals surface area contributed by atoms with Gasteiger partial charge < -0.3 is 19.5 Å². The average Bonchev–Trinajstić information content (AvgIpc) is 3.60. The van der Waals surface area contributed by atoms with Crippen LogP contribution in [0.5, 0.6) is 0 Å². The molecule has 0 aliphatic carbocycles. The molecule has 4 rings (SSSR count). The molecule has 12 nitrogen and oxygen atoms in total. The van der Waals surface area contributed by atoms with Gasteiger partial charge in [0.2, 0.25) is 0 Å². The number of benzene rings is 2. The van der Waals surface area contributed by atoms with Crippen molar-refractivity contribution in [3.8, 4) is 11.3 Å². The Labute approximate surface area is 216 Å². The summed E-state index contributed by atoms with van der Waals surface area (Å²) in [6.07, 6.45) is 3.70. The van der Waals surface area contributed by atoms with Gasteiger partial charge >= 0.3 is 6.09 Å². The largest absolute Gasteiger partial charge is 0.455 e. The van der Waals surface area contributed by atoms with Gasteiger partial charge in [-0.1, -0.05) is 30.3 Å². The summed E-state index contributed by atoms with van der Waals surface area (Å²) >= 11 is 0. The molecular formula is C26H24N6O6. The number of nitrogens with one attached hydrogen (secondary N) is 3. The maximum Gasteiger partial charge on any atom is 0.408 e. The van der Waals surface area contributed by atoms with Crippen LogP contribution < -0.4 is 10.7 Å². The van der Waals surface area contributed by atoms with Crippen LogP contribution in [0.25, 0.3) is 11.3 Å². The van der Waals surface area contributed by atoms with E-state index in [4.69, 9.17) is 9.15 Å². The number of nitro groups is 1. The SMILES string of the molecule is Cc1cc([N+](=O)[O-])ccc1-c1ccc(/C=N\NC(=O)[C@@H](Cc2cnc[nH]2)NC(=O)OCc2ccccc2)o1. The molecule has 0 unspecified atom stereocenters. The quantitative estimate of drug-likeness (QED) is 0.163. The zero-order chi connectivity index (χ0) is 26.9. The molecule has 12 heteroatoms. The van der Waals surface area contributed by atoms with Crippen LogP contribution in [0, 0.1) is 17.0 Å². The van der Waals surface area contributed by atoms with Crippen LogP contribution in [0.1, 0.15) is 22.6 Å². The molecule has 194 valence electrons. The molecule has 4 aromatic rings. The van der Waals surface area contributed by atoms with Gasteiger partial charge in [0.1, 0.15) is 24.2 Å². The fraction of sp³-hybridized carbons (Fsp3) is 0.154. The van der Waals surface area contributed by atoms with Crippen molar-refractivity contribution in [2.24, 2.45) is 5.10 Å². The van der Waals surface area contributed by atoms with Crippen molar-refractivity contribution in [3.05, 3.63) is 106 Å². The molecule has 2 aromatic carbocycles. The fourth-order valence-corrected chi connectivity index (χ4v) is 3.57. The molecule has 0 bridgehead atoms. The summed E-state index contributed by atoms with van der Waals surface area (Å²) < 4.78 is 11.0. The number of aromatic nitrogens is 2. The van der Waals surface area contributed by atoms with E-state index >= 15 is 0 Å². The van der Waals surface area contributed by atoms with E-state index in [1.54, 1.807) is 31.3 Å². The minimum absolute atomic E-state index is 0.00968. The van der Waals surface area contributed by atoms with Crippen molar-refractivity contribution in [1.82, 2.24) is 20.7 Å². The molecular weight excluding hydrogens is 492 g/mol. The molecule has 0 saturated carbocycles. The highest BCUT2D eigenvalue weighted by molar-refractivity contribution is 5.87. The standard InChI is InChI=1S/C26H24N6O6/c1-17-11-20(32(35)36)7-9-22(17)24-10-8-21(38-24)14-29-31-25(33)23(12-19-13-27-16-28-19)30-26(34)37-15-18-5-3-2-4-6-18/h2-11,13-14,16,23H,12,15H2,1H3,(H,27,28)(H,30,34)(H,31,33)/b29-14-/t23-/m1/s1. The maximum absolute atomic E-state index is 12.8. The average molecular weight is 517 g/mol. The number of carbonyl (C=O) groups excluding carboxylic acids is 2. The van der Waals surface area contributed by atoms with E-state index in [-0.39, 0.29) is 18.7 Å². The van der Waals surface area contributed by atoms with Gasteiger partial charge in [0.15, 0.2) is 0 Å². The number of ether oxygens (including phenoxy) is 1. The summed E-state index contributed by atoms with van der Waals surface area (Å²) in [6, 6.07) is 16.0. The first-order valence-electron chi connectivity index (χ1n) is 11.5. The number of amides is 2. The highest BCUT2D eigenvalue weighted by Crippen LogP contribution is 2.28. The van der Waals surface area contributed by atoms with E-state index in [2.05, 4.69) is 25.8 Å². The summed E-state index contributed by atoms with van der Waals surface area (Å²) in [5.41, 5.74) is 5.19. The summed E-state index contributed by atoms with van der Waals surface area (Å²) in [5, 5.41) is 17.4. The molecule has 0 aliphatic rings. The summed E-state index contributed by atoms with van der Waals surface area (Å²) in [4.78, 5) is 42.5. The monoisotopic (exact) mass is 516 g/mol. The van der Waals surface area contributed by atoms with Gasteiger partial charge in [-0.15, -0.1) is 0 Å². The predicted molar refractivity (Wildman–Crippen MR) is 137 cm³/mol. The van der Waals surface area contributed by atoms with Gasteiger partial charge in [-0.25, -0.2) is 15.2 Å². The Bertz CT molecular complexity index is 1430. The minimum atomic E-state index is -0.995. The lowest BCUT2D eigenvalue weighted by Gasteiger charge is -2.16. The third kappa shape index (κ3) is 6.91. The molecule has 0 fully saturated rings. The minimum Gasteiger partial charge on any atom is -0.455 e. The first kappa shape index (κ1) is 25.8. The number of hydrogen-bond acceptors (Lipinski definition) is 8. The van der Waals surface area contributed by atoms with Gasteiger partial charge in [0.05, 0.1) is 17.5 Å². The van der Waals surface area contributed by atoms with E-state index in [1.165, 1.54) is 24.7 Å². The van der Waals surface area contributed by atoms with Crippen molar-refractivity contribution in [3.63, 3.8) is 0 Å². The Balaban J connectivity index is 1.37. The lowest BCUT2D eigenvalue weighted by molar-refractivity contribution is -0.384. The third-order valence-electron chi connectivity index (χ3n) is 5.48.